The average molecular weight is 286 g/mol. The number of nitrogens with zero attached hydrogens (tertiary/aromatic N) is 3. The van der Waals surface area contributed by atoms with Gasteiger partial charge in [0.2, 0.25) is 0 Å². The number of nitrogens with one attached hydrogen (secondary N) is 1. The van der Waals surface area contributed by atoms with E-state index in [0.29, 0.717) is 0 Å². The molecule has 1 N–H and O–H groups in total. The monoisotopic (exact) mass is 286 g/mol. The van der Waals surface area contributed by atoms with Gasteiger partial charge in [-0.2, -0.15) is 5.10 Å². The normalized spacial score (nSPS) is 17.6. The summed E-state index contributed by atoms with van der Waals surface area (Å²) in [4.78, 5) is 2.61. The van der Waals surface area contributed by atoms with Gasteiger partial charge < -0.3 is 10.2 Å². The van der Waals surface area contributed by atoms with E-state index < -0.39 is 0 Å². The highest BCUT2D eigenvalue weighted by Crippen LogP contribution is 2.15. The summed E-state index contributed by atoms with van der Waals surface area (Å²) in [6, 6.07) is 6.20. The number of fused-ring (bicyclic) bond motifs is 1. The van der Waals surface area contributed by atoms with Crippen LogP contribution in [0.5, 0.6) is 0 Å². The van der Waals surface area contributed by atoms with Crippen LogP contribution in [0, 0.1) is 5.92 Å². The molecule has 4 heteroatoms. The molecule has 0 spiro atoms. The minimum absolute atomic E-state index is 0.907. The lowest BCUT2D eigenvalue weighted by Crippen LogP contribution is -2.34. The Morgan fingerprint density at radius 2 is 2.14 bits per heavy atom. The molecule has 21 heavy (non-hydrogen) atoms. The van der Waals surface area contributed by atoms with Gasteiger partial charge in [0.05, 0.1) is 11.7 Å². The van der Waals surface area contributed by atoms with Crippen LogP contribution in [0.2, 0.25) is 0 Å². The van der Waals surface area contributed by atoms with Crippen LogP contribution in [0.25, 0.3) is 5.52 Å². The zero-order chi connectivity index (χ0) is 14.5. The van der Waals surface area contributed by atoms with Crippen molar-refractivity contribution in [3.8, 4) is 0 Å². The van der Waals surface area contributed by atoms with Crippen molar-refractivity contribution >= 4 is 5.52 Å². The highest BCUT2D eigenvalue weighted by atomic mass is 15.2. The number of piperidine rings is 1. The molecule has 0 atom stereocenters. The zero-order valence-electron chi connectivity index (χ0n) is 13.0. The summed E-state index contributed by atoms with van der Waals surface area (Å²) in [5.74, 6) is 0.926. The molecule has 0 aromatic carbocycles. The first-order chi connectivity index (χ1) is 10.3. The number of hydrogen-bond acceptors (Lipinski definition) is 3. The summed E-state index contributed by atoms with van der Waals surface area (Å²) < 4.78 is 1.94. The molecule has 0 aliphatic carbocycles. The molecular weight excluding hydrogens is 260 g/mol. The summed E-state index contributed by atoms with van der Waals surface area (Å²) in [5.41, 5.74) is 2.48. The van der Waals surface area contributed by atoms with Crippen molar-refractivity contribution < 1.29 is 0 Å². The number of rotatable bonds is 6. The fraction of sp³-hybridized carbons (Fsp3) is 0.588. The Balaban J connectivity index is 1.37. The molecule has 0 amide bonds. The first-order valence-corrected chi connectivity index (χ1v) is 8.17. The fourth-order valence-corrected chi connectivity index (χ4v) is 3.06. The van der Waals surface area contributed by atoms with Gasteiger partial charge in [-0.1, -0.05) is 13.0 Å². The molecule has 2 aromatic rings. The van der Waals surface area contributed by atoms with Gasteiger partial charge in [0.1, 0.15) is 0 Å². The number of pyridine rings is 1. The van der Waals surface area contributed by atoms with Crippen LogP contribution in [0.15, 0.2) is 30.6 Å². The third-order valence-corrected chi connectivity index (χ3v) is 4.53. The third-order valence-electron chi connectivity index (χ3n) is 4.53. The summed E-state index contributed by atoms with van der Waals surface area (Å²) in [6.07, 6.45) is 7.93. The van der Waals surface area contributed by atoms with E-state index >= 15 is 0 Å². The van der Waals surface area contributed by atoms with Crippen molar-refractivity contribution in [2.75, 3.05) is 26.2 Å². The van der Waals surface area contributed by atoms with Crippen LogP contribution in [0.1, 0.15) is 31.7 Å². The SMILES string of the molecule is CC1CCN(CCCNCc2cnn3ccccc23)CC1. The van der Waals surface area contributed by atoms with E-state index in [9.17, 15) is 0 Å². The predicted octanol–water partition coefficient (Wildman–Crippen LogP) is 2.55. The molecule has 3 rings (SSSR count). The van der Waals surface area contributed by atoms with Gasteiger partial charge in [0.15, 0.2) is 0 Å². The van der Waals surface area contributed by atoms with Gasteiger partial charge in [-0.15, -0.1) is 0 Å². The maximum atomic E-state index is 4.37. The largest absolute Gasteiger partial charge is 0.312 e. The molecule has 0 saturated carbocycles. The van der Waals surface area contributed by atoms with E-state index in [2.05, 4.69) is 34.4 Å². The van der Waals surface area contributed by atoms with E-state index in [4.69, 9.17) is 0 Å². The van der Waals surface area contributed by atoms with Crippen LogP contribution in [-0.4, -0.2) is 40.7 Å². The van der Waals surface area contributed by atoms with Crippen LogP contribution < -0.4 is 5.32 Å². The topological polar surface area (TPSA) is 32.6 Å². The fourth-order valence-electron chi connectivity index (χ4n) is 3.06. The van der Waals surface area contributed by atoms with Crippen LogP contribution in [0.3, 0.4) is 0 Å². The molecule has 0 unspecified atom stereocenters. The molecule has 3 heterocycles. The summed E-state index contributed by atoms with van der Waals surface area (Å²) in [7, 11) is 0. The highest BCUT2D eigenvalue weighted by molar-refractivity contribution is 5.53. The minimum Gasteiger partial charge on any atom is -0.312 e. The van der Waals surface area contributed by atoms with E-state index in [-0.39, 0.29) is 0 Å². The van der Waals surface area contributed by atoms with Crippen molar-refractivity contribution in [1.29, 1.82) is 0 Å². The third kappa shape index (κ3) is 3.83. The van der Waals surface area contributed by atoms with Crippen LogP contribution in [0.4, 0.5) is 0 Å². The molecular formula is C17H26N4. The van der Waals surface area contributed by atoms with Gasteiger partial charge >= 0.3 is 0 Å². The second-order valence-electron chi connectivity index (χ2n) is 6.25. The van der Waals surface area contributed by atoms with E-state index in [0.717, 1.165) is 19.0 Å². The number of aromatic nitrogens is 2. The molecule has 4 nitrogen and oxygen atoms in total. The van der Waals surface area contributed by atoms with Crippen LogP contribution >= 0.6 is 0 Å². The molecule has 1 aliphatic heterocycles. The van der Waals surface area contributed by atoms with Crippen molar-refractivity contribution in [1.82, 2.24) is 19.8 Å². The molecule has 114 valence electrons. The maximum absolute atomic E-state index is 4.37. The van der Waals surface area contributed by atoms with Gasteiger partial charge in [0.25, 0.3) is 0 Å². The molecule has 2 aromatic heterocycles. The lowest BCUT2D eigenvalue weighted by atomic mass is 9.99. The Morgan fingerprint density at radius 1 is 1.29 bits per heavy atom. The quantitative estimate of drug-likeness (QED) is 0.828. The molecule has 0 bridgehead atoms. The first kappa shape index (κ1) is 14.5. The zero-order valence-corrected chi connectivity index (χ0v) is 13.0. The average Bonchev–Trinajstić information content (AvgIpc) is 2.92. The van der Waals surface area contributed by atoms with Crippen molar-refractivity contribution in [3.05, 3.63) is 36.2 Å². The Morgan fingerprint density at radius 3 is 3.00 bits per heavy atom. The van der Waals surface area contributed by atoms with E-state index in [1.807, 2.05) is 23.0 Å². The molecule has 1 fully saturated rings. The summed E-state index contributed by atoms with van der Waals surface area (Å²) in [5, 5.41) is 7.91. The maximum Gasteiger partial charge on any atom is 0.0706 e. The number of hydrogen-bond donors (Lipinski definition) is 1. The van der Waals surface area contributed by atoms with Gasteiger partial charge in [-0.3, -0.25) is 0 Å². The standard InChI is InChI=1S/C17H26N4/c1-15-6-11-20(12-7-15)9-4-8-18-13-16-14-19-21-10-3-2-5-17(16)21/h2-3,5,10,14-15,18H,4,6-9,11-13H2,1H3. The predicted molar refractivity (Wildman–Crippen MR) is 86.4 cm³/mol. The molecule has 1 aliphatic rings. The van der Waals surface area contributed by atoms with Gasteiger partial charge in [-0.25, -0.2) is 4.52 Å². The highest BCUT2D eigenvalue weighted by Gasteiger charge is 2.14. The minimum atomic E-state index is 0.907. The first-order valence-electron chi connectivity index (χ1n) is 8.17. The van der Waals surface area contributed by atoms with E-state index in [1.165, 1.54) is 50.0 Å². The molecule has 0 radical (unpaired) electrons. The van der Waals surface area contributed by atoms with Crippen molar-refractivity contribution in [2.24, 2.45) is 5.92 Å². The lowest BCUT2D eigenvalue weighted by molar-refractivity contribution is 0.190. The Bertz CT molecular complexity index is 555. The van der Waals surface area contributed by atoms with Crippen molar-refractivity contribution in [3.63, 3.8) is 0 Å². The van der Waals surface area contributed by atoms with Crippen LogP contribution in [-0.2, 0) is 6.54 Å². The second kappa shape index (κ2) is 7.05. The number of likely N-dealkylation sites (tertiary alicyclic amines) is 1. The molecule has 1 saturated heterocycles. The van der Waals surface area contributed by atoms with Gasteiger partial charge in [0, 0.05) is 18.3 Å². The Kier molecular flexibility index (Phi) is 4.88. The van der Waals surface area contributed by atoms with Crippen molar-refractivity contribution in [2.45, 2.75) is 32.7 Å². The summed E-state index contributed by atoms with van der Waals surface area (Å²) in [6.45, 7) is 8.16. The Labute approximate surface area is 127 Å². The van der Waals surface area contributed by atoms with E-state index in [1.54, 1.807) is 0 Å². The lowest BCUT2D eigenvalue weighted by Gasteiger charge is -2.30. The smallest absolute Gasteiger partial charge is 0.0706 e. The van der Waals surface area contributed by atoms with Gasteiger partial charge in [-0.05, 0) is 63.5 Å². The summed E-state index contributed by atoms with van der Waals surface area (Å²) >= 11 is 0. The second-order valence-corrected chi connectivity index (χ2v) is 6.25. The Hall–Kier alpha value is -1.39.